The Kier molecular flexibility index (Phi) is 5.47. The molecule has 0 unspecified atom stereocenters. The molecule has 0 atom stereocenters. The van der Waals surface area contributed by atoms with Crippen molar-refractivity contribution >= 4 is 23.6 Å². The second-order valence-corrected chi connectivity index (χ2v) is 5.82. The lowest BCUT2D eigenvalue weighted by atomic mass is 10.1. The van der Waals surface area contributed by atoms with Gasteiger partial charge in [-0.25, -0.2) is 9.98 Å². The number of aromatic nitrogens is 1. The first-order valence-electron chi connectivity index (χ1n) is 8.31. The monoisotopic (exact) mass is 363 g/mol. The smallest absolute Gasteiger partial charge is 0.256 e. The number of methoxy groups -OCH3 is 1. The van der Waals surface area contributed by atoms with Gasteiger partial charge in [0.25, 0.3) is 5.91 Å². The molecule has 0 saturated carbocycles. The van der Waals surface area contributed by atoms with Crippen molar-refractivity contribution in [2.45, 2.75) is 6.92 Å². The Hall–Kier alpha value is -3.67. The van der Waals surface area contributed by atoms with Gasteiger partial charge < -0.3 is 15.2 Å². The predicted molar refractivity (Wildman–Crippen MR) is 107 cm³/mol. The van der Waals surface area contributed by atoms with Crippen molar-refractivity contribution in [1.82, 2.24) is 4.98 Å². The van der Waals surface area contributed by atoms with Crippen LogP contribution in [0.4, 0.5) is 11.5 Å². The fourth-order valence-corrected chi connectivity index (χ4v) is 2.60. The minimum Gasteiger partial charge on any atom is -0.504 e. The number of benzene rings is 2. The van der Waals surface area contributed by atoms with E-state index in [2.05, 4.69) is 15.3 Å². The maximum atomic E-state index is 12.6. The molecule has 6 heteroatoms. The normalized spacial score (nSPS) is 10.7. The standard InChI is InChI=1S/C21H19N3O3.H2/c1-14-17(8-4-10-19(14)27-2)21(26)24-16-7-3-6-15(12-16)13-23-20-18(25)9-5-11-22-20;/h3-13,25H,1-2H3,(H,24,26);1H/b23-13+;. The molecule has 0 bridgehead atoms. The summed E-state index contributed by atoms with van der Waals surface area (Å²) in [6.07, 6.45) is 3.13. The number of rotatable bonds is 5. The van der Waals surface area contributed by atoms with E-state index in [4.69, 9.17) is 4.74 Å². The summed E-state index contributed by atoms with van der Waals surface area (Å²) in [5.74, 6) is 0.687. The summed E-state index contributed by atoms with van der Waals surface area (Å²) in [6.45, 7) is 1.84. The van der Waals surface area contributed by atoms with Gasteiger partial charge in [0.15, 0.2) is 11.6 Å². The van der Waals surface area contributed by atoms with Gasteiger partial charge in [-0.2, -0.15) is 0 Å². The van der Waals surface area contributed by atoms with Crippen molar-refractivity contribution in [1.29, 1.82) is 0 Å². The third-order valence-corrected chi connectivity index (χ3v) is 4.00. The fourth-order valence-electron chi connectivity index (χ4n) is 2.60. The Labute approximate surface area is 158 Å². The van der Waals surface area contributed by atoms with Crippen LogP contribution in [0.2, 0.25) is 0 Å². The van der Waals surface area contributed by atoms with Gasteiger partial charge in [0.05, 0.1) is 7.11 Å². The van der Waals surface area contributed by atoms with E-state index in [0.29, 0.717) is 17.0 Å². The van der Waals surface area contributed by atoms with Gasteiger partial charge >= 0.3 is 0 Å². The molecule has 1 amide bonds. The van der Waals surface area contributed by atoms with E-state index < -0.39 is 0 Å². The molecule has 2 aromatic carbocycles. The first-order valence-corrected chi connectivity index (χ1v) is 8.31. The molecule has 27 heavy (non-hydrogen) atoms. The van der Waals surface area contributed by atoms with E-state index in [-0.39, 0.29) is 18.9 Å². The Balaban J connectivity index is 0.00000280. The third-order valence-electron chi connectivity index (χ3n) is 4.00. The number of anilines is 1. The molecule has 0 aliphatic rings. The Morgan fingerprint density at radius 1 is 1.22 bits per heavy atom. The molecule has 2 N–H and O–H groups in total. The number of nitrogens with zero attached hydrogens (tertiary/aromatic N) is 2. The number of ether oxygens (including phenoxy) is 1. The van der Waals surface area contributed by atoms with Crippen LogP contribution in [0.15, 0.2) is 65.8 Å². The molecule has 0 spiro atoms. The Morgan fingerprint density at radius 3 is 2.81 bits per heavy atom. The van der Waals surface area contributed by atoms with E-state index in [1.165, 1.54) is 6.07 Å². The molecule has 1 heterocycles. The van der Waals surface area contributed by atoms with Crippen LogP contribution in [0.5, 0.6) is 11.5 Å². The van der Waals surface area contributed by atoms with Crippen LogP contribution in [0.25, 0.3) is 0 Å². The van der Waals surface area contributed by atoms with Crippen LogP contribution in [0.3, 0.4) is 0 Å². The lowest BCUT2D eigenvalue weighted by molar-refractivity contribution is 0.102. The number of carbonyl (C=O) groups excluding carboxylic acids is 1. The van der Waals surface area contributed by atoms with Crippen molar-refractivity contribution in [3.8, 4) is 11.5 Å². The molecule has 1 aromatic heterocycles. The zero-order valence-corrected chi connectivity index (χ0v) is 15.0. The minimum atomic E-state index is -0.220. The summed E-state index contributed by atoms with van der Waals surface area (Å²) in [4.78, 5) is 20.8. The summed E-state index contributed by atoms with van der Waals surface area (Å²) >= 11 is 0. The summed E-state index contributed by atoms with van der Waals surface area (Å²) < 4.78 is 5.27. The van der Waals surface area contributed by atoms with E-state index >= 15 is 0 Å². The summed E-state index contributed by atoms with van der Waals surface area (Å²) in [7, 11) is 1.58. The number of carbonyl (C=O) groups is 1. The van der Waals surface area contributed by atoms with E-state index in [1.807, 2.05) is 25.1 Å². The highest BCUT2D eigenvalue weighted by Gasteiger charge is 2.12. The van der Waals surface area contributed by atoms with Crippen LogP contribution >= 0.6 is 0 Å². The Morgan fingerprint density at radius 2 is 2.04 bits per heavy atom. The first-order chi connectivity index (χ1) is 13.1. The van der Waals surface area contributed by atoms with Crippen molar-refractivity contribution in [2.75, 3.05) is 12.4 Å². The molecule has 138 valence electrons. The van der Waals surface area contributed by atoms with E-state index in [9.17, 15) is 9.90 Å². The maximum absolute atomic E-state index is 12.6. The van der Waals surface area contributed by atoms with Crippen LogP contribution < -0.4 is 10.1 Å². The molecule has 0 radical (unpaired) electrons. The lowest BCUT2D eigenvalue weighted by Gasteiger charge is -2.11. The number of aliphatic imine (C=N–C) groups is 1. The predicted octanol–water partition coefficient (Wildman–Crippen LogP) is 4.35. The molecule has 6 nitrogen and oxygen atoms in total. The average molecular weight is 363 g/mol. The number of nitrogens with one attached hydrogen (secondary N) is 1. The zero-order valence-electron chi connectivity index (χ0n) is 15.0. The van der Waals surface area contributed by atoms with Crippen LogP contribution in [0.1, 0.15) is 22.9 Å². The van der Waals surface area contributed by atoms with Gasteiger partial charge in [-0.05, 0) is 48.9 Å². The molecule has 0 saturated heterocycles. The minimum absolute atomic E-state index is 0. The van der Waals surface area contributed by atoms with E-state index in [0.717, 1.165) is 11.1 Å². The van der Waals surface area contributed by atoms with Crippen LogP contribution in [-0.4, -0.2) is 29.3 Å². The number of pyridine rings is 1. The topological polar surface area (TPSA) is 83.8 Å². The van der Waals surface area contributed by atoms with Gasteiger partial charge in [-0.15, -0.1) is 0 Å². The highest BCUT2D eigenvalue weighted by atomic mass is 16.5. The zero-order chi connectivity index (χ0) is 19.2. The average Bonchev–Trinajstić information content (AvgIpc) is 2.68. The van der Waals surface area contributed by atoms with Crippen molar-refractivity contribution < 1.29 is 16.1 Å². The van der Waals surface area contributed by atoms with Crippen molar-refractivity contribution in [3.63, 3.8) is 0 Å². The number of hydrogen-bond acceptors (Lipinski definition) is 5. The highest BCUT2D eigenvalue weighted by Crippen LogP contribution is 2.23. The summed E-state index contributed by atoms with van der Waals surface area (Å²) in [5.41, 5.74) is 2.73. The quantitative estimate of drug-likeness (QED) is 0.660. The molecular formula is C21H21N3O3. The largest absolute Gasteiger partial charge is 0.504 e. The molecule has 0 fully saturated rings. The van der Waals surface area contributed by atoms with Gasteiger partial charge in [0, 0.05) is 30.7 Å². The number of aromatic hydroxyl groups is 1. The van der Waals surface area contributed by atoms with Crippen molar-refractivity contribution in [3.05, 3.63) is 77.5 Å². The SMILES string of the molecule is COc1cccc(C(=O)Nc2cccc(/C=N/c3ncccc3O)c2)c1C.[HH]. The van der Waals surface area contributed by atoms with Gasteiger partial charge in [-0.3, -0.25) is 4.79 Å². The summed E-state index contributed by atoms with van der Waals surface area (Å²) in [6, 6.07) is 15.7. The first kappa shape index (κ1) is 18.1. The molecule has 3 aromatic rings. The summed E-state index contributed by atoms with van der Waals surface area (Å²) in [5, 5.41) is 12.6. The van der Waals surface area contributed by atoms with Gasteiger partial charge in [0.1, 0.15) is 5.75 Å². The third kappa shape index (κ3) is 4.30. The number of amides is 1. The molecule has 0 aliphatic carbocycles. The molecule has 3 rings (SSSR count). The van der Waals surface area contributed by atoms with E-state index in [1.54, 1.807) is 49.9 Å². The maximum Gasteiger partial charge on any atom is 0.256 e. The Bertz CT molecular complexity index is 1010. The van der Waals surface area contributed by atoms with Crippen LogP contribution in [-0.2, 0) is 0 Å². The van der Waals surface area contributed by atoms with Gasteiger partial charge in [0.2, 0.25) is 0 Å². The second-order valence-electron chi connectivity index (χ2n) is 5.82. The number of hydrogen-bond donors (Lipinski definition) is 2. The molecular weight excluding hydrogens is 342 g/mol. The highest BCUT2D eigenvalue weighted by molar-refractivity contribution is 6.06. The van der Waals surface area contributed by atoms with Crippen LogP contribution in [0, 0.1) is 6.92 Å². The van der Waals surface area contributed by atoms with Gasteiger partial charge in [-0.1, -0.05) is 18.2 Å². The lowest BCUT2D eigenvalue weighted by Crippen LogP contribution is -2.13. The second kappa shape index (κ2) is 8.14. The van der Waals surface area contributed by atoms with Crippen molar-refractivity contribution in [2.24, 2.45) is 4.99 Å². The fraction of sp³-hybridized carbons (Fsp3) is 0.0952. The molecule has 0 aliphatic heterocycles.